The van der Waals surface area contributed by atoms with Gasteiger partial charge in [0.05, 0.1) is 5.52 Å². The fourth-order valence-corrected chi connectivity index (χ4v) is 2.18. The molecule has 94 valence electrons. The number of nitrogen functional groups attached to an aromatic ring is 1. The number of hydrogen-bond acceptors (Lipinski definition) is 4. The number of hydrogen-bond donors (Lipinski definition) is 2. The number of aromatic nitrogens is 2. The highest BCUT2D eigenvalue weighted by molar-refractivity contribution is 14.1. The second-order valence-corrected chi connectivity index (χ2v) is 5.33. The quantitative estimate of drug-likeness (QED) is 0.685. The van der Waals surface area contributed by atoms with Gasteiger partial charge in [0.1, 0.15) is 5.82 Å². The lowest BCUT2D eigenvalue weighted by Crippen LogP contribution is -2.01. The molecule has 1 heterocycles. The Kier molecular flexibility index (Phi) is 3.20. The first kappa shape index (κ1) is 12.2. The average Bonchev–Trinajstić information content (AvgIpc) is 2.42. The third-order valence-electron chi connectivity index (χ3n) is 2.73. The van der Waals surface area contributed by atoms with Crippen molar-refractivity contribution in [2.24, 2.45) is 0 Å². The number of anilines is 3. The van der Waals surface area contributed by atoms with Crippen molar-refractivity contribution in [3.05, 3.63) is 52.1 Å². The lowest BCUT2D eigenvalue weighted by atomic mass is 10.2. The van der Waals surface area contributed by atoms with Crippen molar-refractivity contribution < 1.29 is 0 Å². The van der Waals surface area contributed by atoms with Gasteiger partial charge in [-0.1, -0.05) is 12.1 Å². The number of nitrogens with zero attached hydrogens (tertiary/aromatic N) is 2. The van der Waals surface area contributed by atoms with E-state index in [0.29, 0.717) is 11.8 Å². The van der Waals surface area contributed by atoms with Crippen LogP contribution in [-0.4, -0.2) is 9.97 Å². The van der Waals surface area contributed by atoms with E-state index in [1.807, 2.05) is 48.5 Å². The second-order valence-electron chi connectivity index (χ2n) is 4.08. The van der Waals surface area contributed by atoms with Gasteiger partial charge in [-0.3, -0.25) is 0 Å². The minimum Gasteiger partial charge on any atom is -0.383 e. The Morgan fingerprint density at radius 3 is 2.47 bits per heavy atom. The molecule has 4 nitrogen and oxygen atoms in total. The summed E-state index contributed by atoms with van der Waals surface area (Å²) in [5.41, 5.74) is 7.72. The molecule has 19 heavy (non-hydrogen) atoms. The molecule has 2 aromatic carbocycles. The molecule has 0 fully saturated rings. The van der Waals surface area contributed by atoms with Gasteiger partial charge in [0.2, 0.25) is 5.95 Å². The Balaban J connectivity index is 1.99. The van der Waals surface area contributed by atoms with E-state index in [0.717, 1.165) is 16.6 Å². The molecule has 3 aromatic rings. The highest BCUT2D eigenvalue weighted by atomic mass is 127. The molecule has 0 radical (unpaired) electrons. The summed E-state index contributed by atoms with van der Waals surface area (Å²) in [5.74, 6) is 0.996. The maximum Gasteiger partial charge on any atom is 0.229 e. The molecular formula is C14H11IN4. The van der Waals surface area contributed by atoms with Crippen LogP contribution in [0.5, 0.6) is 0 Å². The van der Waals surface area contributed by atoms with Crippen LogP contribution in [0.15, 0.2) is 48.5 Å². The zero-order chi connectivity index (χ0) is 13.2. The second kappa shape index (κ2) is 5.00. The fourth-order valence-electron chi connectivity index (χ4n) is 1.82. The largest absolute Gasteiger partial charge is 0.383 e. The van der Waals surface area contributed by atoms with Gasteiger partial charge in [-0.25, -0.2) is 4.98 Å². The highest BCUT2D eigenvalue weighted by Crippen LogP contribution is 2.21. The van der Waals surface area contributed by atoms with Crippen molar-refractivity contribution in [1.29, 1.82) is 0 Å². The Morgan fingerprint density at radius 2 is 1.68 bits per heavy atom. The molecule has 0 saturated carbocycles. The Bertz CT molecular complexity index is 725. The minimum atomic E-state index is 0.485. The third-order valence-corrected chi connectivity index (χ3v) is 3.45. The summed E-state index contributed by atoms with van der Waals surface area (Å²) in [6.07, 6.45) is 0. The van der Waals surface area contributed by atoms with Crippen LogP contribution in [0, 0.1) is 3.57 Å². The molecule has 0 aliphatic heterocycles. The number of benzene rings is 2. The van der Waals surface area contributed by atoms with Gasteiger partial charge >= 0.3 is 0 Å². The molecule has 3 N–H and O–H groups in total. The number of rotatable bonds is 2. The van der Waals surface area contributed by atoms with Crippen molar-refractivity contribution in [1.82, 2.24) is 9.97 Å². The van der Waals surface area contributed by atoms with Crippen LogP contribution in [0.4, 0.5) is 17.5 Å². The molecule has 1 aromatic heterocycles. The van der Waals surface area contributed by atoms with Crippen LogP contribution in [0.3, 0.4) is 0 Å². The fraction of sp³-hybridized carbons (Fsp3) is 0. The predicted octanol–water partition coefficient (Wildman–Crippen LogP) is 3.56. The van der Waals surface area contributed by atoms with Crippen LogP contribution in [0.2, 0.25) is 0 Å². The topological polar surface area (TPSA) is 63.8 Å². The Hall–Kier alpha value is -1.89. The van der Waals surface area contributed by atoms with Gasteiger partial charge in [-0.2, -0.15) is 4.98 Å². The van der Waals surface area contributed by atoms with Gasteiger partial charge in [-0.05, 0) is 59.0 Å². The van der Waals surface area contributed by atoms with E-state index in [1.54, 1.807) is 0 Å². The molecule has 5 heteroatoms. The van der Waals surface area contributed by atoms with E-state index in [9.17, 15) is 0 Å². The number of fused-ring (bicyclic) bond motifs is 1. The smallest absolute Gasteiger partial charge is 0.229 e. The number of para-hydroxylation sites is 1. The molecule has 0 aliphatic rings. The zero-order valence-corrected chi connectivity index (χ0v) is 12.1. The Morgan fingerprint density at radius 1 is 0.947 bits per heavy atom. The predicted molar refractivity (Wildman–Crippen MR) is 86.4 cm³/mol. The van der Waals surface area contributed by atoms with E-state index in [2.05, 4.69) is 37.9 Å². The summed E-state index contributed by atoms with van der Waals surface area (Å²) in [4.78, 5) is 8.72. The van der Waals surface area contributed by atoms with Gasteiger partial charge in [0, 0.05) is 14.6 Å². The van der Waals surface area contributed by atoms with Crippen molar-refractivity contribution in [3.63, 3.8) is 0 Å². The lowest BCUT2D eigenvalue weighted by molar-refractivity contribution is 1.22. The molecule has 0 spiro atoms. The van der Waals surface area contributed by atoms with E-state index in [1.165, 1.54) is 3.57 Å². The SMILES string of the molecule is Nc1nc(Nc2ccc(I)cc2)nc2ccccc12. The van der Waals surface area contributed by atoms with Crippen LogP contribution in [0.25, 0.3) is 10.9 Å². The van der Waals surface area contributed by atoms with Gasteiger partial charge in [-0.15, -0.1) is 0 Å². The normalized spacial score (nSPS) is 10.6. The maximum atomic E-state index is 5.94. The lowest BCUT2D eigenvalue weighted by Gasteiger charge is -2.07. The molecule has 0 aliphatic carbocycles. The molecule has 3 rings (SSSR count). The van der Waals surface area contributed by atoms with Crippen molar-refractivity contribution in [2.45, 2.75) is 0 Å². The highest BCUT2D eigenvalue weighted by Gasteiger charge is 2.04. The molecule has 0 saturated heterocycles. The van der Waals surface area contributed by atoms with E-state index in [-0.39, 0.29) is 0 Å². The zero-order valence-electron chi connectivity index (χ0n) is 9.97. The number of nitrogens with one attached hydrogen (secondary N) is 1. The van der Waals surface area contributed by atoms with Gasteiger partial charge in [0.15, 0.2) is 0 Å². The molecule has 0 bridgehead atoms. The average molecular weight is 362 g/mol. The van der Waals surface area contributed by atoms with Crippen LogP contribution >= 0.6 is 22.6 Å². The van der Waals surface area contributed by atoms with Crippen molar-refractivity contribution in [3.8, 4) is 0 Å². The number of halogens is 1. The van der Waals surface area contributed by atoms with Crippen LogP contribution in [0.1, 0.15) is 0 Å². The first-order valence-corrected chi connectivity index (χ1v) is 6.85. The maximum absolute atomic E-state index is 5.94. The summed E-state index contributed by atoms with van der Waals surface area (Å²) in [5, 5.41) is 4.03. The summed E-state index contributed by atoms with van der Waals surface area (Å²) in [7, 11) is 0. The standard InChI is InChI=1S/C14H11IN4/c15-9-5-7-10(8-6-9)17-14-18-12-4-2-1-3-11(12)13(16)19-14/h1-8H,(H3,16,17,18,19). The summed E-state index contributed by atoms with van der Waals surface area (Å²) >= 11 is 2.27. The first-order valence-electron chi connectivity index (χ1n) is 5.77. The third kappa shape index (κ3) is 2.60. The number of nitrogens with two attached hydrogens (primary N) is 1. The first-order chi connectivity index (χ1) is 9.22. The van der Waals surface area contributed by atoms with Gasteiger partial charge < -0.3 is 11.1 Å². The van der Waals surface area contributed by atoms with Crippen LogP contribution < -0.4 is 11.1 Å². The molecular weight excluding hydrogens is 351 g/mol. The Labute approximate surface area is 124 Å². The molecule has 0 unspecified atom stereocenters. The molecule has 0 amide bonds. The minimum absolute atomic E-state index is 0.485. The van der Waals surface area contributed by atoms with Crippen molar-refractivity contribution >= 4 is 50.9 Å². The summed E-state index contributed by atoms with van der Waals surface area (Å²) < 4.78 is 1.18. The summed E-state index contributed by atoms with van der Waals surface area (Å²) in [6, 6.07) is 15.7. The van der Waals surface area contributed by atoms with Gasteiger partial charge in [0.25, 0.3) is 0 Å². The van der Waals surface area contributed by atoms with E-state index >= 15 is 0 Å². The van der Waals surface area contributed by atoms with Crippen molar-refractivity contribution in [2.75, 3.05) is 11.1 Å². The van der Waals surface area contributed by atoms with E-state index < -0.39 is 0 Å². The summed E-state index contributed by atoms with van der Waals surface area (Å²) in [6.45, 7) is 0. The molecule has 0 atom stereocenters. The monoisotopic (exact) mass is 362 g/mol. The van der Waals surface area contributed by atoms with Crippen LogP contribution in [-0.2, 0) is 0 Å². The van der Waals surface area contributed by atoms with E-state index in [4.69, 9.17) is 5.73 Å².